The molecule has 12 heavy (non-hydrogen) atoms. The first-order valence-corrected chi connectivity index (χ1v) is 4.82. The zero-order valence-corrected chi connectivity index (χ0v) is 7.56. The van der Waals surface area contributed by atoms with Crippen molar-refractivity contribution in [1.82, 2.24) is 5.09 Å². The van der Waals surface area contributed by atoms with Crippen LogP contribution in [0.1, 0.15) is 0 Å². The molecule has 1 unspecified atom stereocenters. The van der Waals surface area contributed by atoms with E-state index in [2.05, 4.69) is 9.61 Å². The van der Waals surface area contributed by atoms with Crippen molar-refractivity contribution < 1.29 is 24.4 Å². The second-order valence-electron chi connectivity index (χ2n) is 2.09. The molecule has 0 aliphatic carbocycles. The molecule has 7 heteroatoms. The van der Waals surface area contributed by atoms with Gasteiger partial charge in [0, 0.05) is 6.54 Å². The van der Waals surface area contributed by atoms with E-state index >= 15 is 0 Å². The highest BCUT2D eigenvalue weighted by Crippen LogP contribution is 2.15. The Kier molecular flexibility index (Phi) is 7.69. The van der Waals surface area contributed by atoms with Crippen molar-refractivity contribution in [2.45, 2.75) is 6.10 Å². The fraction of sp³-hybridized carbons (Fsp3) is 1.00. The van der Waals surface area contributed by atoms with Crippen molar-refractivity contribution in [3.63, 3.8) is 0 Å². The first kappa shape index (κ1) is 12.0. The maximum Gasteiger partial charge on any atom is 0.258 e. The third kappa shape index (κ3) is 6.72. The third-order valence-corrected chi connectivity index (χ3v) is 1.97. The smallest absolute Gasteiger partial charge is 0.258 e. The summed E-state index contributed by atoms with van der Waals surface area (Å²) >= 11 is 0. The minimum absolute atomic E-state index is 0.123. The molecule has 0 fully saturated rings. The van der Waals surface area contributed by atoms with Crippen molar-refractivity contribution in [3.05, 3.63) is 0 Å². The van der Waals surface area contributed by atoms with E-state index in [-0.39, 0.29) is 19.8 Å². The van der Waals surface area contributed by atoms with Crippen molar-refractivity contribution in [2.24, 2.45) is 0 Å². The van der Waals surface area contributed by atoms with Gasteiger partial charge in [0.05, 0.1) is 19.8 Å². The van der Waals surface area contributed by atoms with Gasteiger partial charge in [0.25, 0.3) is 8.18 Å². The topological polar surface area (TPSA) is 99.0 Å². The molecule has 0 saturated carbocycles. The Morgan fingerprint density at radius 3 is 2.67 bits per heavy atom. The third-order valence-electron chi connectivity index (χ3n) is 0.999. The number of aliphatic hydroxyl groups is 3. The number of hydrogen-bond donors (Lipinski definition) is 4. The molecule has 0 aromatic heterocycles. The molecule has 0 aromatic carbocycles. The summed E-state index contributed by atoms with van der Waals surface area (Å²) in [5.41, 5.74) is 0. The zero-order valence-electron chi connectivity index (χ0n) is 6.56. The van der Waals surface area contributed by atoms with Crippen molar-refractivity contribution in [1.29, 1.82) is 0 Å². The van der Waals surface area contributed by atoms with E-state index in [1.807, 2.05) is 0 Å². The van der Waals surface area contributed by atoms with E-state index in [0.29, 0.717) is 0 Å². The fourth-order valence-electron chi connectivity index (χ4n) is 0.434. The fourth-order valence-corrected chi connectivity index (χ4v) is 1.20. The summed E-state index contributed by atoms with van der Waals surface area (Å²) in [4.78, 5) is 0. The van der Waals surface area contributed by atoms with E-state index < -0.39 is 20.9 Å². The molecule has 0 bridgehead atoms. The normalized spacial score (nSPS) is 15.9. The van der Waals surface area contributed by atoms with Gasteiger partial charge < -0.3 is 19.8 Å². The lowest BCUT2D eigenvalue weighted by Crippen LogP contribution is -2.19. The van der Waals surface area contributed by atoms with Crippen LogP contribution in [-0.4, -0.2) is 47.8 Å². The summed E-state index contributed by atoms with van der Waals surface area (Å²) in [5.74, 6) is 0. The molecule has 2 atom stereocenters. The van der Waals surface area contributed by atoms with Gasteiger partial charge in [0.1, 0.15) is 6.10 Å². The maximum atomic E-state index is 10.8. The number of hydrogen-bond acceptors (Lipinski definition) is 5. The number of rotatable bonds is 7. The Bertz CT molecular complexity index is 133. The molecule has 0 rings (SSSR count). The minimum atomic E-state index is -2.39. The molecular weight excluding hydrogens is 185 g/mol. The van der Waals surface area contributed by atoms with Gasteiger partial charge in [0.2, 0.25) is 0 Å². The number of aliphatic hydroxyl groups excluding tert-OH is 3. The van der Waals surface area contributed by atoms with Crippen LogP contribution < -0.4 is 5.09 Å². The van der Waals surface area contributed by atoms with Crippen molar-refractivity contribution in [3.8, 4) is 0 Å². The molecular formula is C5H14NO5P. The van der Waals surface area contributed by atoms with Crippen LogP contribution in [-0.2, 0) is 9.09 Å². The molecule has 0 saturated heterocycles. The lowest BCUT2D eigenvalue weighted by molar-refractivity contribution is 0.0556. The van der Waals surface area contributed by atoms with Gasteiger partial charge in [-0.1, -0.05) is 0 Å². The first-order valence-electron chi connectivity index (χ1n) is 3.51. The maximum absolute atomic E-state index is 10.8. The lowest BCUT2D eigenvalue weighted by atomic mass is 10.4. The summed E-state index contributed by atoms with van der Waals surface area (Å²) in [6.45, 7) is -0.531. The largest absolute Gasteiger partial charge is 0.395 e. The van der Waals surface area contributed by atoms with Crippen molar-refractivity contribution in [2.75, 3.05) is 26.4 Å². The SMILES string of the molecule is O=[PH](NCCO)OC[C@H](O)CO. The molecule has 0 heterocycles. The molecule has 0 aromatic rings. The van der Waals surface area contributed by atoms with Gasteiger partial charge in [-0.25, -0.2) is 5.09 Å². The Morgan fingerprint density at radius 2 is 2.17 bits per heavy atom. The second-order valence-corrected chi connectivity index (χ2v) is 3.30. The van der Waals surface area contributed by atoms with Gasteiger partial charge in [-0.2, -0.15) is 0 Å². The molecule has 0 aliphatic heterocycles. The van der Waals surface area contributed by atoms with Gasteiger partial charge in [-0.3, -0.25) is 4.57 Å². The second kappa shape index (κ2) is 7.67. The molecule has 0 spiro atoms. The summed E-state index contributed by atoms with van der Waals surface area (Å²) in [5, 5.41) is 27.8. The molecule has 0 amide bonds. The van der Waals surface area contributed by atoms with Crippen LogP contribution in [0, 0.1) is 0 Å². The van der Waals surface area contributed by atoms with E-state index in [9.17, 15) is 4.57 Å². The van der Waals surface area contributed by atoms with Crippen LogP contribution in [0.5, 0.6) is 0 Å². The Morgan fingerprint density at radius 1 is 1.50 bits per heavy atom. The van der Waals surface area contributed by atoms with Crippen LogP contribution in [0.4, 0.5) is 0 Å². The average Bonchev–Trinajstić information content (AvgIpc) is 2.10. The van der Waals surface area contributed by atoms with Crippen LogP contribution >= 0.6 is 8.18 Å². The van der Waals surface area contributed by atoms with Crippen LogP contribution in [0.2, 0.25) is 0 Å². The molecule has 0 aliphatic rings. The Hall–Kier alpha value is 0.0300. The molecule has 4 N–H and O–H groups in total. The van der Waals surface area contributed by atoms with Gasteiger partial charge in [0.15, 0.2) is 0 Å². The Balaban J connectivity index is 3.31. The summed E-state index contributed by atoms with van der Waals surface area (Å²) in [6, 6.07) is 0. The average molecular weight is 199 g/mol. The highest BCUT2D eigenvalue weighted by molar-refractivity contribution is 7.36. The predicted molar refractivity (Wildman–Crippen MR) is 43.1 cm³/mol. The van der Waals surface area contributed by atoms with Gasteiger partial charge in [-0.15, -0.1) is 0 Å². The van der Waals surface area contributed by atoms with Gasteiger partial charge >= 0.3 is 0 Å². The predicted octanol–water partition coefficient (Wildman–Crippen LogP) is -1.67. The van der Waals surface area contributed by atoms with Crippen LogP contribution in [0.25, 0.3) is 0 Å². The minimum Gasteiger partial charge on any atom is -0.395 e. The van der Waals surface area contributed by atoms with Crippen LogP contribution in [0.15, 0.2) is 0 Å². The summed E-state index contributed by atoms with van der Waals surface area (Å²) in [7, 11) is -2.39. The first-order chi connectivity index (χ1) is 5.70. The highest BCUT2D eigenvalue weighted by Gasteiger charge is 2.04. The van der Waals surface area contributed by atoms with E-state index in [4.69, 9.17) is 15.3 Å². The van der Waals surface area contributed by atoms with E-state index in [1.54, 1.807) is 0 Å². The van der Waals surface area contributed by atoms with Crippen molar-refractivity contribution >= 4 is 8.18 Å². The standard InChI is InChI=1S/C5H14NO5P/c7-2-1-6-12(10)11-4-5(9)3-8/h5,7-9,12H,1-4H2,(H,6,10)/t5-/m1/s1. The van der Waals surface area contributed by atoms with Gasteiger partial charge in [-0.05, 0) is 0 Å². The monoisotopic (exact) mass is 199 g/mol. The quantitative estimate of drug-likeness (QED) is 0.366. The lowest BCUT2D eigenvalue weighted by Gasteiger charge is -2.08. The Labute approximate surface area is 71.1 Å². The number of nitrogens with one attached hydrogen (secondary N) is 1. The summed E-state index contributed by atoms with van der Waals surface area (Å²) in [6.07, 6.45) is -1.00. The van der Waals surface area contributed by atoms with E-state index in [0.717, 1.165) is 0 Å². The van der Waals surface area contributed by atoms with E-state index in [1.165, 1.54) is 0 Å². The van der Waals surface area contributed by atoms with Crippen LogP contribution in [0.3, 0.4) is 0 Å². The zero-order chi connectivity index (χ0) is 9.40. The molecule has 74 valence electrons. The molecule has 6 nitrogen and oxygen atoms in total. The highest BCUT2D eigenvalue weighted by atomic mass is 31.1. The summed E-state index contributed by atoms with van der Waals surface area (Å²) < 4.78 is 15.4. The molecule has 0 radical (unpaired) electrons.